The summed E-state index contributed by atoms with van der Waals surface area (Å²) in [4.78, 5) is 17.3. The third kappa shape index (κ3) is 4.30. The number of hydrogen-bond donors (Lipinski definition) is 3. The summed E-state index contributed by atoms with van der Waals surface area (Å²) < 4.78 is 0. The van der Waals surface area contributed by atoms with Gasteiger partial charge in [0.05, 0.1) is 0 Å². The molecule has 2 atom stereocenters. The molecule has 2 fully saturated rings. The van der Waals surface area contributed by atoms with Crippen LogP contribution in [0.4, 0.5) is 11.4 Å². The van der Waals surface area contributed by atoms with Crippen molar-refractivity contribution < 1.29 is 4.79 Å². The van der Waals surface area contributed by atoms with Gasteiger partial charge in [-0.15, -0.1) is 0 Å². The fourth-order valence-electron chi connectivity index (χ4n) is 3.68. The average molecular weight is 365 g/mol. The monoisotopic (exact) mass is 365 g/mol. The molecule has 0 bridgehead atoms. The summed E-state index contributed by atoms with van der Waals surface area (Å²) in [5, 5.41) is 3.02. The van der Waals surface area contributed by atoms with Gasteiger partial charge in [0.1, 0.15) is 6.04 Å². The van der Waals surface area contributed by atoms with Gasteiger partial charge in [0.25, 0.3) is 0 Å². The first-order chi connectivity index (χ1) is 13.2. The molecule has 2 heterocycles. The van der Waals surface area contributed by atoms with Crippen molar-refractivity contribution in [1.82, 2.24) is 15.8 Å². The second kappa shape index (κ2) is 8.08. The summed E-state index contributed by atoms with van der Waals surface area (Å²) in [5.41, 5.74) is 9.58. The molecule has 2 aliphatic heterocycles. The average Bonchev–Trinajstić information content (AvgIpc) is 3.20. The van der Waals surface area contributed by atoms with E-state index in [1.165, 1.54) is 11.3 Å². The first-order valence-electron chi connectivity index (χ1n) is 9.59. The van der Waals surface area contributed by atoms with Gasteiger partial charge in [0, 0.05) is 43.6 Å². The zero-order chi connectivity index (χ0) is 18.6. The minimum atomic E-state index is -0.243. The maximum absolute atomic E-state index is 12.6. The molecular weight excluding hydrogens is 338 g/mol. The number of likely N-dealkylation sites (N-methyl/N-ethyl adjacent to an activating group) is 1. The van der Waals surface area contributed by atoms with Gasteiger partial charge < -0.3 is 15.1 Å². The first kappa shape index (κ1) is 18.0. The van der Waals surface area contributed by atoms with E-state index in [-0.39, 0.29) is 18.0 Å². The molecule has 0 radical (unpaired) electrons. The van der Waals surface area contributed by atoms with E-state index in [1.54, 1.807) is 0 Å². The number of anilines is 2. The molecule has 0 saturated carbocycles. The highest BCUT2D eigenvalue weighted by molar-refractivity contribution is 5.95. The molecular formula is C21H27N5O. The van der Waals surface area contributed by atoms with Gasteiger partial charge in [0.2, 0.25) is 5.91 Å². The van der Waals surface area contributed by atoms with Gasteiger partial charge in [-0.25, -0.2) is 10.9 Å². The van der Waals surface area contributed by atoms with Gasteiger partial charge in [-0.05, 0) is 43.3 Å². The number of carbonyl (C=O) groups excluding carboxylic acids is 1. The summed E-state index contributed by atoms with van der Waals surface area (Å²) in [6, 6.07) is 18.3. The van der Waals surface area contributed by atoms with Crippen LogP contribution in [0.3, 0.4) is 0 Å². The standard InChI is InChI=1S/C21H27N5O/c1-25-11-13-26(14-12-25)18-9-7-17(8-10-18)22-21(27)20-15-19(23-24-20)16-5-3-2-4-6-16/h2-10,19-20,23-24H,11-15H2,1H3,(H,22,27). The van der Waals surface area contributed by atoms with Gasteiger partial charge in [-0.3, -0.25) is 4.79 Å². The SMILES string of the molecule is CN1CCN(c2ccc(NC(=O)C3CC(c4ccccc4)NN3)cc2)CC1. The van der Waals surface area contributed by atoms with Crippen molar-refractivity contribution in [2.45, 2.75) is 18.5 Å². The van der Waals surface area contributed by atoms with Crippen LogP contribution in [-0.2, 0) is 4.79 Å². The zero-order valence-electron chi connectivity index (χ0n) is 15.7. The van der Waals surface area contributed by atoms with E-state index >= 15 is 0 Å². The lowest BCUT2D eigenvalue weighted by molar-refractivity contribution is -0.117. The Morgan fingerprint density at radius 2 is 1.67 bits per heavy atom. The molecule has 2 aromatic carbocycles. The van der Waals surface area contributed by atoms with Crippen LogP contribution >= 0.6 is 0 Å². The fourth-order valence-corrected chi connectivity index (χ4v) is 3.68. The van der Waals surface area contributed by atoms with Crippen LogP contribution in [0.1, 0.15) is 18.0 Å². The van der Waals surface area contributed by atoms with Crippen molar-refractivity contribution in [2.24, 2.45) is 0 Å². The summed E-state index contributed by atoms with van der Waals surface area (Å²) >= 11 is 0. The highest BCUT2D eigenvalue weighted by Gasteiger charge is 2.30. The van der Waals surface area contributed by atoms with Gasteiger partial charge in [-0.1, -0.05) is 30.3 Å². The molecule has 2 aromatic rings. The van der Waals surface area contributed by atoms with Crippen LogP contribution in [0.15, 0.2) is 54.6 Å². The van der Waals surface area contributed by atoms with Crippen LogP contribution in [0.2, 0.25) is 0 Å². The summed E-state index contributed by atoms with van der Waals surface area (Å²) in [5.74, 6) is -0.00622. The Balaban J connectivity index is 1.32. The van der Waals surface area contributed by atoms with Crippen LogP contribution in [0.5, 0.6) is 0 Å². The Morgan fingerprint density at radius 1 is 0.963 bits per heavy atom. The van der Waals surface area contributed by atoms with Crippen molar-refractivity contribution in [3.63, 3.8) is 0 Å². The zero-order valence-corrected chi connectivity index (χ0v) is 15.7. The maximum Gasteiger partial charge on any atom is 0.242 e. The Morgan fingerprint density at radius 3 is 2.37 bits per heavy atom. The molecule has 142 valence electrons. The lowest BCUT2D eigenvalue weighted by atomic mass is 10.0. The summed E-state index contributed by atoms with van der Waals surface area (Å²) in [6.45, 7) is 4.25. The van der Waals surface area contributed by atoms with E-state index in [1.807, 2.05) is 30.3 Å². The normalized spacial score (nSPS) is 23.4. The second-order valence-electron chi connectivity index (χ2n) is 7.37. The third-order valence-electron chi connectivity index (χ3n) is 5.42. The minimum Gasteiger partial charge on any atom is -0.369 e. The maximum atomic E-state index is 12.6. The molecule has 6 heteroatoms. The van der Waals surface area contributed by atoms with Crippen molar-refractivity contribution in [1.29, 1.82) is 0 Å². The first-order valence-corrected chi connectivity index (χ1v) is 9.59. The Bertz CT molecular complexity index is 756. The molecule has 2 aliphatic rings. The topological polar surface area (TPSA) is 59.6 Å². The number of rotatable bonds is 4. The van der Waals surface area contributed by atoms with E-state index < -0.39 is 0 Å². The Kier molecular flexibility index (Phi) is 5.38. The molecule has 0 spiro atoms. The van der Waals surface area contributed by atoms with Crippen LogP contribution < -0.4 is 21.1 Å². The number of nitrogens with zero attached hydrogens (tertiary/aromatic N) is 2. The van der Waals surface area contributed by atoms with Crippen molar-refractivity contribution in [3.05, 3.63) is 60.2 Å². The highest BCUT2D eigenvalue weighted by atomic mass is 16.2. The number of piperazine rings is 1. The minimum absolute atomic E-state index is 0.00622. The molecule has 2 unspecified atom stereocenters. The summed E-state index contributed by atoms with van der Waals surface area (Å²) in [7, 11) is 2.16. The van der Waals surface area contributed by atoms with Gasteiger partial charge in [-0.2, -0.15) is 0 Å². The lowest BCUT2D eigenvalue weighted by Crippen LogP contribution is -2.44. The van der Waals surface area contributed by atoms with Crippen LogP contribution in [-0.4, -0.2) is 50.1 Å². The number of carbonyl (C=O) groups is 1. The highest BCUT2D eigenvalue weighted by Crippen LogP contribution is 2.23. The molecule has 6 nitrogen and oxygen atoms in total. The third-order valence-corrected chi connectivity index (χ3v) is 5.42. The van der Waals surface area contributed by atoms with Crippen LogP contribution in [0, 0.1) is 0 Å². The molecule has 4 rings (SSSR count). The number of nitrogens with one attached hydrogen (secondary N) is 3. The van der Waals surface area contributed by atoms with Gasteiger partial charge in [0.15, 0.2) is 0 Å². The Labute approximate surface area is 160 Å². The second-order valence-corrected chi connectivity index (χ2v) is 7.37. The predicted molar refractivity (Wildman–Crippen MR) is 109 cm³/mol. The smallest absolute Gasteiger partial charge is 0.242 e. The molecule has 0 aromatic heterocycles. The molecule has 0 aliphatic carbocycles. The predicted octanol–water partition coefficient (Wildman–Crippen LogP) is 1.98. The fraction of sp³-hybridized carbons (Fsp3) is 0.381. The molecule has 2 saturated heterocycles. The van der Waals surface area contributed by atoms with E-state index in [9.17, 15) is 4.79 Å². The number of hydrazine groups is 1. The van der Waals surface area contributed by atoms with Crippen molar-refractivity contribution in [2.75, 3.05) is 43.4 Å². The Hall–Kier alpha value is -2.41. The largest absolute Gasteiger partial charge is 0.369 e. The van der Waals surface area contributed by atoms with Gasteiger partial charge >= 0.3 is 0 Å². The lowest BCUT2D eigenvalue weighted by Gasteiger charge is -2.34. The number of benzene rings is 2. The number of amides is 1. The van der Waals surface area contributed by atoms with Crippen molar-refractivity contribution in [3.8, 4) is 0 Å². The van der Waals surface area contributed by atoms with E-state index in [0.717, 1.165) is 38.3 Å². The molecule has 1 amide bonds. The number of hydrogen-bond acceptors (Lipinski definition) is 5. The van der Waals surface area contributed by atoms with E-state index in [2.05, 4.69) is 57.3 Å². The van der Waals surface area contributed by atoms with E-state index in [4.69, 9.17) is 0 Å². The quantitative estimate of drug-likeness (QED) is 0.774. The summed E-state index contributed by atoms with van der Waals surface area (Å²) in [6.07, 6.45) is 0.731. The molecule has 3 N–H and O–H groups in total. The van der Waals surface area contributed by atoms with Crippen LogP contribution in [0.25, 0.3) is 0 Å². The van der Waals surface area contributed by atoms with Crippen molar-refractivity contribution >= 4 is 17.3 Å². The molecule has 27 heavy (non-hydrogen) atoms. The van der Waals surface area contributed by atoms with E-state index in [0.29, 0.717) is 0 Å².